The van der Waals surface area contributed by atoms with Crippen molar-refractivity contribution in [2.45, 2.75) is 65.3 Å². The van der Waals surface area contributed by atoms with Gasteiger partial charge in [0.1, 0.15) is 10.6 Å². The standard InChI is InChI=1S/C23H29F3N8OS/c1-4-5-15-10-16-18(32-8-9-34-17(12-32)30-31-21(34)23(24,25)26)28-22(29-19(16)36-15)27-14-6-7-33(11-14)20(35)13(2)3/h10,13-14H,4-9,11-12H2,1-3H3,(H,27,28,29)/t14-/m1/s1. The van der Waals surface area contributed by atoms with Gasteiger partial charge in [0.2, 0.25) is 17.7 Å². The summed E-state index contributed by atoms with van der Waals surface area (Å²) in [6.45, 7) is 7.82. The zero-order valence-corrected chi connectivity index (χ0v) is 21.3. The zero-order chi connectivity index (χ0) is 25.6. The molecule has 1 N–H and O–H groups in total. The number of likely N-dealkylation sites (tertiary alicyclic amines) is 1. The number of aromatic nitrogens is 5. The average Bonchev–Trinajstić information content (AvgIpc) is 3.55. The van der Waals surface area contributed by atoms with E-state index in [4.69, 9.17) is 9.97 Å². The van der Waals surface area contributed by atoms with Crippen molar-refractivity contribution in [3.8, 4) is 0 Å². The molecule has 1 saturated heterocycles. The van der Waals surface area contributed by atoms with Gasteiger partial charge >= 0.3 is 6.18 Å². The molecule has 0 aliphatic carbocycles. The molecule has 0 unspecified atom stereocenters. The SMILES string of the molecule is CCCc1cc2c(N3CCn4c(nnc4C(F)(F)F)C3)nc(N[C@@H]3CCN(C(=O)C(C)C)C3)nc2s1. The molecule has 1 fully saturated rings. The Morgan fingerprint density at radius 2 is 2.03 bits per heavy atom. The maximum absolute atomic E-state index is 13.3. The molecular weight excluding hydrogens is 493 g/mol. The molecule has 9 nitrogen and oxygen atoms in total. The van der Waals surface area contributed by atoms with Crippen molar-refractivity contribution in [2.24, 2.45) is 5.92 Å². The summed E-state index contributed by atoms with van der Waals surface area (Å²) in [4.78, 5) is 27.8. The molecule has 2 aliphatic rings. The van der Waals surface area contributed by atoms with E-state index < -0.39 is 12.0 Å². The van der Waals surface area contributed by atoms with Crippen molar-refractivity contribution in [3.63, 3.8) is 0 Å². The molecule has 5 rings (SSSR count). The Morgan fingerprint density at radius 3 is 2.75 bits per heavy atom. The Morgan fingerprint density at radius 1 is 1.22 bits per heavy atom. The predicted molar refractivity (Wildman–Crippen MR) is 131 cm³/mol. The van der Waals surface area contributed by atoms with Gasteiger partial charge in [-0.1, -0.05) is 27.2 Å². The van der Waals surface area contributed by atoms with Crippen LogP contribution in [0.25, 0.3) is 10.2 Å². The molecule has 13 heteroatoms. The van der Waals surface area contributed by atoms with Crippen LogP contribution >= 0.6 is 11.3 Å². The molecular formula is C23H29F3N8OS. The van der Waals surface area contributed by atoms with E-state index >= 15 is 0 Å². The number of amides is 1. The van der Waals surface area contributed by atoms with E-state index in [1.807, 2.05) is 23.6 Å². The topological polar surface area (TPSA) is 92.1 Å². The fourth-order valence-electron chi connectivity index (χ4n) is 4.81. The highest BCUT2D eigenvalue weighted by atomic mass is 32.1. The average molecular weight is 523 g/mol. The second kappa shape index (κ2) is 9.49. The van der Waals surface area contributed by atoms with Gasteiger partial charge in [0.05, 0.1) is 11.9 Å². The first kappa shape index (κ1) is 24.7. The highest BCUT2D eigenvalue weighted by molar-refractivity contribution is 7.18. The molecule has 3 aromatic rings. The second-order valence-corrected chi connectivity index (χ2v) is 10.7. The predicted octanol–water partition coefficient (Wildman–Crippen LogP) is 3.94. The maximum Gasteiger partial charge on any atom is 0.451 e. The Labute approximate surface area is 210 Å². The molecule has 0 saturated carbocycles. The summed E-state index contributed by atoms with van der Waals surface area (Å²) in [5.74, 6) is 0.526. The molecule has 3 aromatic heterocycles. The number of hydrogen-bond donors (Lipinski definition) is 1. The number of carbonyl (C=O) groups excluding carboxylic acids is 1. The number of aryl methyl sites for hydroxylation is 1. The van der Waals surface area contributed by atoms with Crippen LogP contribution in [0.5, 0.6) is 0 Å². The van der Waals surface area contributed by atoms with Crippen molar-refractivity contribution in [2.75, 3.05) is 29.9 Å². The van der Waals surface area contributed by atoms with Crippen LogP contribution < -0.4 is 10.2 Å². The van der Waals surface area contributed by atoms with Gasteiger partial charge in [0.15, 0.2) is 5.82 Å². The van der Waals surface area contributed by atoms with Crippen LogP contribution in [-0.2, 0) is 30.5 Å². The van der Waals surface area contributed by atoms with Crippen LogP contribution in [0.3, 0.4) is 0 Å². The first-order valence-electron chi connectivity index (χ1n) is 12.2. The number of hydrogen-bond acceptors (Lipinski definition) is 8. The smallest absolute Gasteiger partial charge is 0.350 e. The molecule has 194 valence electrons. The Bertz CT molecular complexity index is 1270. The van der Waals surface area contributed by atoms with Crippen LogP contribution in [0.2, 0.25) is 0 Å². The first-order chi connectivity index (χ1) is 17.1. The monoisotopic (exact) mass is 522 g/mol. The van der Waals surface area contributed by atoms with Crippen LogP contribution in [0.15, 0.2) is 6.07 Å². The van der Waals surface area contributed by atoms with Crippen LogP contribution in [0.1, 0.15) is 50.1 Å². The van der Waals surface area contributed by atoms with Crippen LogP contribution in [-0.4, -0.2) is 61.2 Å². The highest BCUT2D eigenvalue weighted by Crippen LogP contribution is 2.36. The van der Waals surface area contributed by atoms with Gasteiger partial charge in [0, 0.05) is 43.0 Å². The number of nitrogens with one attached hydrogen (secondary N) is 1. The number of rotatable bonds is 6. The minimum atomic E-state index is -4.54. The second-order valence-electron chi connectivity index (χ2n) is 9.63. The van der Waals surface area contributed by atoms with Crippen LogP contribution in [0, 0.1) is 5.92 Å². The number of carbonyl (C=O) groups is 1. The van der Waals surface area contributed by atoms with Gasteiger partial charge in [-0.25, -0.2) is 4.98 Å². The largest absolute Gasteiger partial charge is 0.451 e. The summed E-state index contributed by atoms with van der Waals surface area (Å²) in [6.07, 6.45) is -1.83. The molecule has 36 heavy (non-hydrogen) atoms. The molecule has 0 bridgehead atoms. The fourth-order valence-corrected chi connectivity index (χ4v) is 5.93. The summed E-state index contributed by atoms with van der Waals surface area (Å²) in [5, 5.41) is 11.5. The zero-order valence-electron chi connectivity index (χ0n) is 20.5. The minimum Gasteiger partial charge on any atom is -0.350 e. The maximum atomic E-state index is 13.3. The number of halogens is 3. The van der Waals surface area contributed by atoms with Gasteiger partial charge < -0.3 is 19.7 Å². The summed E-state index contributed by atoms with van der Waals surface area (Å²) < 4.78 is 41.0. The number of thiophene rings is 1. The third kappa shape index (κ3) is 4.72. The Kier molecular flexibility index (Phi) is 6.52. The van der Waals surface area contributed by atoms with E-state index in [1.165, 1.54) is 4.88 Å². The molecule has 0 radical (unpaired) electrons. The van der Waals surface area contributed by atoms with Gasteiger partial charge in [-0.3, -0.25) is 4.79 Å². The lowest BCUT2D eigenvalue weighted by Crippen LogP contribution is -2.36. The number of anilines is 2. The highest BCUT2D eigenvalue weighted by Gasteiger charge is 2.40. The van der Waals surface area contributed by atoms with Gasteiger partial charge in [-0.05, 0) is 18.9 Å². The fraction of sp³-hybridized carbons (Fsp3) is 0.609. The van der Waals surface area contributed by atoms with Crippen LogP contribution in [0.4, 0.5) is 24.9 Å². The lowest BCUT2D eigenvalue weighted by Gasteiger charge is -2.29. The van der Waals surface area contributed by atoms with Gasteiger partial charge in [-0.15, -0.1) is 21.5 Å². The Balaban J connectivity index is 1.44. The molecule has 1 atom stereocenters. The summed E-state index contributed by atoms with van der Waals surface area (Å²) in [6, 6.07) is 2.12. The third-order valence-electron chi connectivity index (χ3n) is 6.55. The van der Waals surface area contributed by atoms with Gasteiger partial charge in [0.25, 0.3) is 0 Å². The van der Waals surface area contributed by atoms with E-state index in [0.717, 1.165) is 34.0 Å². The number of alkyl halides is 3. The lowest BCUT2D eigenvalue weighted by atomic mass is 10.2. The van der Waals surface area contributed by atoms with E-state index in [1.54, 1.807) is 11.3 Å². The van der Waals surface area contributed by atoms with E-state index in [0.29, 0.717) is 31.4 Å². The third-order valence-corrected chi connectivity index (χ3v) is 7.64. The van der Waals surface area contributed by atoms with Crippen molar-refractivity contribution in [1.29, 1.82) is 0 Å². The van der Waals surface area contributed by atoms with E-state index in [-0.39, 0.29) is 36.8 Å². The summed E-state index contributed by atoms with van der Waals surface area (Å²) in [5.41, 5.74) is 0. The van der Waals surface area contributed by atoms with Crippen molar-refractivity contribution in [3.05, 3.63) is 22.6 Å². The molecule has 5 heterocycles. The number of nitrogens with zero attached hydrogens (tertiary/aromatic N) is 7. The summed E-state index contributed by atoms with van der Waals surface area (Å²) in [7, 11) is 0. The van der Waals surface area contributed by atoms with Gasteiger partial charge in [-0.2, -0.15) is 18.2 Å². The first-order valence-corrected chi connectivity index (χ1v) is 13.1. The molecule has 0 spiro atoms. The minimum absolute atomic E-state index is 0.0341. The lowest BCUT2D eigenvalue weighted by molar-refractivity contribution is -0.147. The normalized spacial score (nSPS) is 18.4. The van der Waals surface area contributed by atoms with Crippen molar-refractivity contribution >= 4 is 39.2 Å². The van der Waals surface area contributed by atoms with E-state index in [9.17, 15) is 18.0 Å². The molecule has 1 amide bonds. The molecule has 0 aromatic carbocycles. The van der Waals surface area contributed by atoms with E-state index in [2.05, 4.69) is 28.5 Å². The molecule has 2 aliphatic heterocycles. The quantitative estimate of drug-likeness (QED) is 0.524. The Hall–Kier alpha value is -2.96. The van der Waals surface area contributed by atoms with Crippen molar-refractivity contribution < 1.29 is 18.0 Å². The number of fused-ring (bicyclic) bond motifs is 2. The summed E-state index contributed by atoms with van der Waals surface area (Å²) >= 11 is 1.61. The van der Waals surface area contributed by atoms with Crippen molar-refractivity contribution in [1.82, 2.24) is 29.6 Å².